The van der Waals surface area contributed by atoms with Gasteiger partial charge in [0, 0.05) is 13.1 Å². The molecule has 15 heavy (non-hydrogen) atoms. The minimum atomic E-state index is -4.48. The molecule has 0 heterocycles. The summed E-state index contributed by atoms with van der Waals surface area (Å²) in [7, 11) is 0. The van der Waals surface area contributed by atoms with Crippen LogP contribution in [0.25, 0.3) is 0 Å². The van der Waals surface area contributed by atoms with Crippen LogP contribution >= 0.6 is 0 Å². The van der Waals surface area contributed by atoms with Crippen LogP contribution in [0.3, 0.4) is 0 Å². The standard InChI is InChI=1S/C9H14F3NO2/c1-3-5-13(6-4-2)8(14)15-7-9(10,11)12/h3H,1,4-7H2,2H3. The molecule has 0 aliphatic rings. The summed E-state index contributed by atoms with van der Waals surface area (Å²) < 4.78 is 39.3. The number of ether oxygens (including phenoxy) is 1. The highest BCUT2D eigenvalue weighted by atomic mass is 19.4. The van der Waals surface area contributed by atoms with Crippen LogP contribution in [-0.4, -0.2) is 36.9 Å². The zero-order valence-electron chi connectivity index (χ0n) is 8.51. The zero-order valence-corrected chi connectivity index (χ0v) is 8.51. The van der Waals surface area contributed by atoms with E-state index in [4.69, 9.17) is 0 Å². The Morgan fingerprint density at radius 1 is 1.53 bits per heavy atom. The SMILES string of the molecule is C=CCN(CCC)C(=O)OCC(F)(F)F. The Bertz CT molecular complexity index is 216. The van der Waals surface area contributed by atoms with E-state index in [-0.39, 0.29) is 6.54 Å². The third-order valence-corrected chi connectivity index (χ3v) is 1.46. The molecule has 0 aromatic carbocycles. The van der Waals surface area contributed by atoms with Crippen molar-refractivity contribution in [3.63, 3.8) is 0 Å². The number of hydrogen-bond donors (Lipinski definition) is 0. The molecular formula is C9H14F3NO2. The molecule has 3 nitrogen and oxygen atoms in total. The fourth-order valence-corrected chi connectivity index (χ4v) is 0.918. The van der Waals surface area contributed by atoms with Crippen LogP contribution in [0.15, 0.2) is 12.7 Å². The first-order valence-corrected chi connectivity index (χ1v) is 4.50. The van der Waals surface area contributed by atoms with Gasteiger partial charge in [-0.25, -0.2) is 4.79 Å². The lowest BCUT2D eigenvalue weighted by Crippen LogP contribution is -2.34. The van der Waals surface area contributed by atoms with Gasteiger partial charge in [-0.2, -0.15) is 13.2 Å². The Kier molecular flexibility index (Phi) is 5.81. The normalized spacial score (nSPS) is 10.9. The van der Waals surface area contributed by atoms with Crippen molar-refractivity contribution in [2.24, 2.45) is 0 Å². The molecule has 0 aromatic heterocycles. The largest absolute Gasteiger partial charge is 0.440 e. The molecule has 0 saturated carbocycles. The van der Waals surface area contributed by atoms with E-state index in [9.17, 15) is 18.0 Å². The molecule has 0 N–H and O–H groups in total. The van der Waals surface area contributed by atoms with Crippen molar-refractivity contribution in [3.8, 4) is 0 Å². The van der Waals surface area contributed by atoms with Crippen LogP contribution < -0.4 is 0 Å². The lowest BCUT2D eigenvalue weighted by atomic mass is 10.4. The molecule has 0 spiro atoms. The summed E-state index contributed by atoms with van der Waals surface area (Å²) >= 11 is 0. The highest BCUT2D eigenvalue weighted by molar-refractivity contribution is 5.67. The average molecular weight is 225 g/mol. The minimum Gasteiger partial charge on any atom is -0.440 e. The van der Waals surface area contributed by atoms with Gasteiger partial charge in [-0.05, 0) is 6.42 Å². The van der Waals surface area contributed by atoms with E-state index in [0.29, 0.717) is 13.0 Å². The van der Waals surface area contributed by atoms with Gasteiger partial charge >= 0.3 is 12.3 Å². The van der Waals surface area contributed by atoms with Gasteiger partial charge < -0.3 is 9.64 Å². The molecule has 0 aromatic rings. The summed E-state index contributed by atoms with van der Waals surface area (Å²) in [4.78, 5) is 12.3. The number of halogens is 3. The lowest BCUT2D eigenvalue weighted by molar-refractivity contribution is -0.162. The summed E-state index contributed by atoms with van der Waals surface area (Å²) in [5, 5.41) is 0. The molecule has 1 amide bonds. The quantitative estimate of drug-likeness (QED) is 0.673. The van der Waals surface area contributed by atoms with Crippen LogP contribution in [0.4, 0.5) is 18.0 Å². The van der Waals surface area contributed by atoms with Crippen molar-refractivity contribution >= 4 is 6.09 Å². The second-order valence-electron chi connectivity index (χ2n) is 2.90. The fraction of sp³-hybridized carbons (Fsp3) is 0.667. The zero-order chi connectivity index (χ0) is 11.9. The van der Waals surface area contributed by atoms with Crippen LogP contribution in [0.2, 0.25) is 0 Å². The number of alkyl halides is 3. The summed E-state index contributed by atoms with van der Waals surface area (Å²) in [5.41, 5.74) is 0. The van der Waals surface area contributed by atoms with E-state index < -0.39 is 18.9 Å². The number of rotatable bonds is 5. The Hall–Kier alpha value is -1.20. The molecular weight excluding hydrogens is 211 g/mol. The van der Waals surface area contributed by atoms with Gasteiger partial charge in [0.15, 0.2) is 6.61 Å². The average Bonchev–Trinajstić information content (AvgIpc) is 2.13. The van der Waals surface area contributed by atoms with E-state index in [1.54, 1.807) is 0 Å². The smallest absolute Gasteiger partial charge is 0.422 e. The molecule has 88 valence electrons. The third kappa shape index (κ3) is 6.82. The molecule has 0 fully saturated rings. The third-order valence-electron chi connectivity index (χ3n) is 1.46. The van der Waals surface area contributed by atoms with Crippen LogP contribution in [0.1, 0.15) is 13.3 Å². The molecule has 0 rings (SSSR count). The van der Waals surface area contributed by atoms with Gasteiger partial charge in [-0.1, -0.05) is 13.0 Å². The Morgan fingerprint density at radius 3 is 2.53 bits per heavy atom. The minimum absolute atomic E-state index is 0.185. The summed E-state index contributed by atoms with van der Waals surface area (Å²) in [6, 6.07) is 0. The Morgan fingerprint density at radius 2 is 2.13 bits per heavy atom. The first-order chi connectivity index (χ1) is 6.90. The van der Waals surface area contributed by atoms with Crippen LogP contribution in [0.5, 0.6) is 0 Å². The van der Waals surface area contributed by atoms with Gasteiger partial charge in [0.1, 0.15) is 0 Å². The van der Waals surface area contributed by atoms with Gasteiger partial charge in [-0.15, -0.1) is 6.58 Å². The highest BCUT2D eigenvalue weighted by Crippen LogP contribution is 2.15. The van der Waals surface area contributed by atoms with E-state index in [1.165, 1.54) is 11.0 Å². The Balaban J connectivity index is 4.07. The molecule has 0 radical (unpaired) electrons. The predicted molar refractivity (Wildman–Crippen MR) is 49.5 cm³/mol. The van der Waals surface area contributed by atoms with Gasteiger partial charge in [0.25, 0.3) is 0 Å². The van der Waals surface area contributed by atoms with E-state index in [2.05, 4.69) is 11.3 Å². The number of hydrogen-bond acceptors (Lipinski definition) is 2. The summed E-state index contributed by atoms with van der Waals surface area (Å²) in [6.07, 6.45) is -3.37. The van der Waals surface area contributed by atoms with Crippen molar-refractivity contribution in [3.05, 3.63) is 12.7 Å². The molecule has 0 aliphatic heterocycles. The molecule has 0 saturated heterocycles. The maximum atomic E-state index is 11.7. The second-order valence-corrected chi connectivity index (χ2v) is 2.90. The van der Waals surface area contributed by atoms with E-state index in [0.717, 1.165) is 0 Å². The van der Waals surface area contributed by atoms with Gasteiger partial charge in [0.05, 0.1) is 0 Å². The summed E-state index contributed by atoms with van der Waals surface area (Å²) in [5.74, 6) is 0. The van der Waals surface area contributed by atoms with Gasteiger partial charge in [0.2, 0.25) is 0 Å². The number of carbonyl (C=O) groups is 1. The highest BCUT2D eigenvalue weighted by Gasteiger charge is 2.30. The molecule has 0 atom stereocenters. The first-order valence-electron chi connectivity index (χ1n) is 4.50. The summed E-state index contributed by atoms with van der Waals surface area (Å²) in [6.45, 7) is 4.20. The van der Waals surface area contributed by atoms with Crippen LogP contribution in [0, 0.1) is 0 Å². The van der Waals surface area contributed by atoms with E-state index >= 15 is 0 Å². The number of amides is 1. The van der Waals surface area contributed by atoms with Crippen molar-refractivity contribution in [1.29, 1.82) is 0 Å². The maximum Gasteiger partial charge on any atom is 0.422 e. The Labute approximate surface area is 86.5 Å². The second kappa shape index (κ2) is 6.31. The number of nitrogens with zero attached hydrogens (tertiary/aromatic N) is 1. The molecule has 6 heteroatoms. The van der Waals surface area contributed by atoms with Crippen molar-refractivity contribution in [1.82, 2.24) is 4.90 Å². The maximum absolute atomic E-state index is 11.7. The van der Waals surface area contributed by atoms with Crippen molar-refractivity contribution < 1.29 is 22.7 Å². The number of carbonyl (C=O) groups excluding carboxylic acids is 1. The van der Waals surface area contributed by atoms with Crippen LogP contribution in [-0.2, 0) is 4.74 Å². The fourth-order valence-electron chi connectivity index (χ4n) is 0.918. The first kappa shape index (κ1) is 13.8. The monoisotopic (exact) mass is 225 g/mol. The topological polar surface area (TPSA) is 29.5 Å². The predicted octanol–water partition coefficient (Wildman–Crippen LogP) is 2.58. The lowest BCUT2D eigenvalue weighted by Gasteiger charge is -2.20. The van der Waals surface area contributed by atoms with E-state index in [1.807, 2.05) is 6.92 Å². The molecule has 0 unspecified atom stereocenters. The molecule has 0 aliphatic carbocycles. The molecule has 0 bridgehead atoms. The van der Waals surface area contributed by atoms with Crippen molar-refractivity contribution in [2.75, 3.05) is 19.7 Å². The van der Waals surface area contributed by atoms with Gasteiger partial charge in [-0.3, -0.25) is 0 Å². The van der Waals surface area contributed by atoms with Crippen molar-refractivity contribution in [2.45, 2.75) is 19.5 Å².